The van der Waals surface area contributed by atoms with E-state index in [4.69, 9.17) is 0 Å². The van der Waals surface area contributed by atoms with E-state index < -0.39 is 27.1 Å². The molecule has 0 bridgehead atoms. The lowest BCUT2D eigenvalue weighted by Gasteiger charge is -2.30. The van der Waals surface area contributed by atoms with Crippen LogP contribution in [-0.4, -0.2) is 32.7 Å². The van der Waals surface area contributed by atoms with Crippen LogP contribution in [0.25, 0.3) is 0 Å². The van der Waals surface area contributed by atoms with Crippen LogP contribution in [0.2, 0.25) is 0 Å². The van der Waals surface area contributed by atoms with Crippen molar-refractivity contribution in [2.24, 2.45) is 0 Å². The Kier molecular flexibility index (Phi) is 4.96. The molecule has 0 saturated heterocycles. The van der Waals surface area contributed by atoms with Gasteiger partial charge in [-0.15, -0.1) is 0 Å². The second kappa shape index (κ2) is 6.29. The molecule has 0 aliphatic rings. The molecular formula is C13H17N3O5. The topological polar surface area (TPSA) is 107 Å². The third-order valence-corrected chi connectivity index (χ3v) is 2.92. The Morgan fingerprint density at radius 2 is 1.33 bits per heavy atom. The van der Waals surface area contributed by atoms with Gasteiger partial charge in [-0.1, -0.05) is 0 Å². The first-order valence-electron chi connectivity index (χ1n) is 6.41. The highest BCUT2D eigenvalue weighted by Gasteiger charge is 2.26. The molecule has 0 unspecified atom stereocenters. The van der Waals surface area contributed by atoms with E-state index in [2.05, 4.69) is 0 Å². The lowest BCUT2D eigenvalue weighted by molar-refractivity contribution is -0.394. The SMILES string of the molecule is CC(C)N(C(=O)c1cc([N+](=O)[O-])cc([N+](=O)[O-])c1)C(C)C. The minimum absolute atomic E-state index is 0.0571. The Morgan fingerprint density at radius 3 is 1.62 bits per heavy atom. The van der Waals surface area contributed by atoms with E-state index in [1.54, 1.807) is 0 Å². The molecule has 0 spiro atoms. The van der Waals surface area contributed by atoms with E-state index in [-0.39, 0.29) is 17.6 Å². The van der Waals surface area contributed by atoms with Crippen LogP contribution in [0.5, 0.6) is 0 Å². The molecule has 0 atom stereocenters. The maximum atomic E-state index is 12.5. The van der Waals surface area contributed by atoms with Crippen molar-refractivity contribution in [2.75, 3.05) is 0 Å². The standard InChI is InChI=1S/C13H17N3O5/c1-8(2)14(9(3)4)13(17)10-5-11(15(18)19)7-12(6-10)16(20)21/h5-9H,1-4H3. The van der Waals surface area contributed by atoms with Crippen LogP contribution in [0.4, 0.5) is 11.4 Å². The first kappa shape index (κ1) is 16.5. The number of nitrogens with zero attached hydrogens (tertiary/aromatic N) is 3. The van der Waals surface area contributed by atoms with Gasteiger partial charge >= 0.3 is 0 Å². The fraction of sp³-hybridized carbons (Fsp3) is 0.462. The molecule has 0 heterocycles. The van der Waals surface area contributed by atoms with Gasteiger partial charge in [-0.3, -0.25) is 25.0 Å². The molecule has 1 rings (SSSR count). The summed E-state index contributed by atoms with van der Waals surface area (Å²) >= 11 is 0. The fourth-order valence-electron chi connectivity index (χ4n) is 2.14. The van der Waals surface area contributed by atoms with Gasteiger partial charge in [0.05, 0.1) is 21.5 Å². The first-order chi connectivity index (χ1) is 9.65. The van der Waals surface area contributed by atoms with Gasteiger partial charge in [0.2, 0.25) is 0 Å². The summed E-state index contributed by atoms with van der Waals surface area (Å²) in [5.74, 6) is -0.466. The van der Waals surface area contributed by atoms with Gasteiger partial charge in [-0.25, -0.2) is 0 Å². The predicted molar refractivity (Wildman–Crippen MR) is 76.2 cm³/mol. The molecule has 0 N–H and O–H groups in total. The van der Waals surface area contributed by atoms with Crippen LogP contribution in [0, 0.1) is 20.2 Å². The average Bonchev–Trinajstić information content (AvgIpc) is 2.36. The molecule has 0 radical (unpaired) electrons. The number of nitro groups is 2. The number of hydrogen-bond acceptors (Lipinski definition) is 5. The van der Waals surface area contributed by atoms with Crippen molar-refractivity contribution in [1.82, 2.24) is 4.90 Å². The molecule has 1 aromatic rings. The zero-order valence-corrected chi connectivity index (χ0v) is 12.3. The molecule has 1 amide bonds. The number of rotatable bonds is 5. The van der Waals surface area contributed by atoms with E-state index in [9.17, 15) is 25.0 Å². The number of nitro benzene ring substituents is 2. The molecule has 0 aliphatic carbocycles. The van der Waals surface area contributed by atoms with Crippen LogP contribution in [0.15, 0.2) is 18.2 Å². The van der Waals surface area contributed by atoms with Crippen LogP contribution in [0.1, 0.15) is 38.1 Å². The lowest BCUT2D eigenvalue weighted by atomic mass is 10.1. The summed E-state index contributed by atoms with van der Waals surface area (Å²) in [6, 6.07) is 2.71. The molecule has 0 aliphatic heterocycles. The zero-order chi connectivity index (χ0) is 16.3. The van der Waals surface area contributed by atoms with E-state index in [0.717, 1.165) is 18.2 Å². The van der Waals surface area contributed by atoms with Crippen molar-refractivity contribution in [2.45, 2.75) is 39.8 Å². The Labute approximate surface area is 121 Å². The number of amides is 1. The van der Waals surface area contributed by atoms with Crippen molar-refractivity contribution in [1.29, 1.82) is 0 Å². The maximum absolute atomic E-state index is 12.5. The monoisotopic (exact) mass is 295 g/mol. The first-order valence-corrected chi connectivity index (χ1v) is 6.41. The van der Waals surface area contributed by atoms with Gasteiger partial charge in [0, 0.05) is 24.2 Å². The summed E-state index contributed by atoms with van der Waals surface area (Å²) in [5, 5.41) is 21.7. The van der Waals surface area contributed by atoms with Gasteiger partial charge in [0.15, 0.2) is 0 Å². The van der Waals surface area contributed by atoms with Crippen molar-refractivity contribution in [3.63, 3.8) is 0 Å². The summed E-state index contributed by atoms with van der Waals surface area (Å²) in [7, 11) is 0. The lowest BCUT2D eigenvalue weighted by Crippen LogP contribution is -2.42. The van der Waals surface area contributed by atoms with Crippen LogP contribution in [0.3, 0.4) is 0 Å². The van der Waals surface area contributed by atoms with Gasteiger partial charge in [-0.2, -0.15) is 0 Å². The van der Waals surface area contributed by atoms with Crippen LogP contribution < -0.4 is 0 Å². The number of non-ortho nitro benzene ring substituents is 2. The maximum Gasteiger partial charge on any atom is 0.277 e. The van der Waals surface area contributed by atoms with E-state index in [1.165, 1.54) is 4.90 Å². The van der Waals surface area contributed by atoms with Gasteiger partial charge in [0.1, 0.15) is 0 Å². The second-order valence-electron chi connectivity index (χ2n) is 5.15. The summed E-state index contributed by atoms with van der Waals surface area (Å²) in [6.45, 7) is 7.24. The normalized spacial score (nSPS) is 10.8. The molecule has 0 fully saturated rings. The third kappa shape index (κ3) is 3.74. The number of carbonyl (C=O) groups excluding carboxylic acids is 1. The van der Waals surface area contributed by atoms with Crippen LogP contribution in [-0.2, 0) is 0 Å². The largest absolute Gasteiger partial charge is 0.334 e. The highest BCUT2D eigenvalue weighted by atomic mass is 16.6. The second-order valence-corrected chi connectivity index (χ2v) is 5.15. The van der Waals surface area contributed by atoms with Gasteiger partial charge in [0.25, 0.3) is 17.3 Å². The Balaban J connectivity index is 3.37. The molecular weight excluding hydrogens is 278 g/mol. The molecule has 21 heavy (non-hydrogen) atoms. The molecule has 1 aromatic carbocycles. The summed E-state index contributed by atoms with van der Waals surface area (Å²) < 4.78 is 0. The molecule has 0 aromatic heterocycles. The minimum Gasteiger partial charge on any atom is -0.334 e. The van der Waals surface area contributed by atoms with Crippen molar-refractivity contribution in [3.05, 3.63) is 44.0 Å². The summed E-state index contributed by atoms with van der Waals surface area (Å²) in [6.07, 6.45) is 0. The molecule has 0 saturated carbocycles. The Bertz CT molecular complexity index is 543. The van der Waals surface area contributed by atoms with E-state index in [0.29, 0.717) is 0 Å². The minimum atomic E-state index is -0.751. The van der Waals surface area contributed by atoms with E-state index in [1.807, 2.05) is 27.7 Å². The van der Waals surface area contributed by atoms with Gasteiger partial charge in [-0.05, 0) is 27.7 Å². The highest BCUT2D eigenvalue weighted by Crippen LogP contribution is 2.24. The zero-order valence-electron chi connectivity index (χ0n) is 12.3. The molecule has 114 valence electrons. The predicted octanol–water partition coefficient (Wildman–Crippen LogP) is 2.76. The van der Waals surface area contributed by atoms with Gasteiger partial charge < -0.3 is 4.90 Å². The average molecular weight is 295 g/mol. The van der Waals surface area contributed by atoms with Crippen molar-refractivity contribution < 1.29 is 14.6 Å². The molecule has 8 heteroatoms. The number of benzene rings is 1. The number of hydrogen-bond donors (Lipinski definition) is 0. The van der Waals surface area contributed by atoms with Crippen molar-refractivity contribution >= 4 is 17.3 Å². The molecule has 8 nitrogen and oxygen atoms in total. The fourth-order valence-corrected chi connectivity index (χ4v) is 2.14. The highest BCUT2D eigenvalue weighted by molar-refractivity contribution is 5.96. The van der Waals surface area contributed by atoms with Crippen LogP contribution >= 0.6 is 0 Å². The summed E-state index contributed by atoms with van der Waals surface area (Å²) in [4.78, 5) is 34.2. The summed E-state index contributed by atoms with van der Waals surface area (Å²) in [5.41, 5.74) is -1.00. The Hall–Kier alpha value is -2.51. The quantitative estimate of drug-likeness (QED) is 0.613. The van der Waals surface area contributed by atoms with Crippen molar-refractivity contribution in [3.8, 4) is 0 Å². The third-order valence-electron chi connectivity index (χ3n) is 2.92. The van der Waals surface area contributed by atoms with E-state index >= 15 is 0 Å². The smallest absolute Gasteiger partial charge is 0.277 e. The Morgan fingerprint density at radius 1 is 0.952 bits per heavy atom. The number of carbonyl (C=O) groups is 1.